The first-order chi connectivity index (χ1) is 8.90. The normalized spacial score (nSPS) is 16.9. The molecule has 0 unspecified atom stereocenters. The van der Waals surface area contributed by atoms with Crippen molar-refractivity contribution in [3.8, 4) is 11.4 Å². The van der Waals surface area contributed by atoms with E-state index >= 15 is 0 Å². The highest BCUT2D eigenvalue weighted by Gasteiger charge is 2.27. The van der Waals surface area contributed by atoms with Gasteiger partial charge in [-0.2, -0.15) is 15.0 Å². The van der Waals surface area contributed by atoms with Gasteiger partial charge in [0.05, 0.1) is 0 Å². The summed E-state index contributed by atoms with van der Waals surface area (Å²) in [5, 5.41) is 0. The zero-order valence-electron chi connectivity index (χ0n) is 9.95. The summed E-state index contributed by atoms with van der Waals surface area (Å²) in [7, 11) is 0. The van der Waals surface area contributed by atoms with E-state index in [1.54, 1.807) is 0 Å². The van der Waals surface area contributed by atoms with E-state index in [0.717, 1.165) is 49.5 Å². The highest BCUT2D eigenvalue weighted by molar-refractivity contribution is 5.59. The Labute approximate surface area is 105 Å². The SMILES string of the molecule is c1ccc(-c2nc(N3CC3)nc(N3CC3)n2)cc1. The van der Waals surface area contributed by atoms with Gasteiger partial charge in [0.15, 0.2) is 5.82 Å². The summed E-state index contributed by atoms with van der Waals surface area (Å²) in [4.78, 5) is 17.9. The van der Waals surface area contributed by atoms with Crippen LogP contribution < -0.4 is 9.80 Å². The monoisotopic (exact) mass is 239 g/mol. The molecule has 0 spiro atoms. The quantitative estimate of drug-likeness (QED) is 0.752. The second kappa shape index (κ2) is 3.66. The smallest absolute Gasteiger partial charge is 0.230 e. The second-order valence-corrected chi connectivity index (χ2v) is 4.60. The molecule has 0 atom stereocenters. The van der Waals surface area contributed by atoms with E-state index in [-0.39, 0.29) is 0 Å². The summed E-state index contributed by atoms with van der Waals surface area (Å²) >= 11 is 0. The molecule has 0 amide bonds. The van der Waals surface area contributed by atoms with Crippen LogP contribution in [0.3, 0.4) is 0 Å². The predicted molar refractivity (Wildman–Crippen MR) is 69.7 cm³/mol. The summed E-state index contributed by atoms with van der Waals surface area (Å²) in [6.07, 6.45) is 0. The van der Waals surface area contributed by atoms with Crippen molar-refractivity contribution in [2.45, 2.75) is 0 Å². The van der Waals surface area contributed by atoms with Crippen molar-refractivity contribution in [3.05, 3.63) is 30.3 Å². The maximum atomic E-state index is 4.55. The number of hydrogen-bond donors (Lipinski definition) is 0. The number of hydrogen-bond acceptors (Lipinski definition) is 5. The van der Waals surface area contributed by atoms with Crippen LogP contribution in [0, 0.1) is 0 Å². The standard InChI is InChI=1S/C13H13N5/c1-2-4-10(5-3-1)11-14-12(17-6-7-17)16-13(15-11)18-8-9-18/h1-5H,6-9H2. The number of benzene rings is 1. The van der Waals surface area contributed by atoms with Gasteiger partial charge in [0.2, 0.25) is 11.9 Å². The van der Waals surface area contributed by atoms with E-state index in [0.29, 0.717) is 0 Å². The lowest BCUT2D eigenvalue weighted by atomic mass is 10.2. The summed E-state index contributed by atoms with van der Waals surface area (Å²) < 4.78 is 0. The van der Waals surface area contributed by atoms with Crippen LogP contribution in [0.25, 0.3) is 11.4 Å². The minimum absolute atomic E-state index is 0.773. The topological polar surface area (TPSA) is 44.7 Å². The molecule has 2 aliphatic heterocycles. The van der Waals surface area contributed by atoms with Crippen LogP contribution in [0.4, 0.5) is 11.9 Å². The maximum absolute atomic E-state index is 4.55. The Morgan fingerprint density at radius 1 is 0.722 bits per heavy atom. The Hall–Kier alpha value is -2.17. The van der Waals surface area contributed by atoms with Crippen LogP contribution in [0.15, 0.2) is 30.3 Å². The van der Waals surface area contributed by atoms with Gasteiger partial charge in [-0.15, -0.1) is 0 Å². The van der Waals surface area contributed by atoms with Gasteiger partial charge in [0.25, 0.3) is 0 Å². The molecular formula is C13H13N5. The van der Waals surface area contributed by atoms with E-state index in [9.17, 15) is 0 Å². The zero-order valence-corrected chi connectivity index (χ0v) is 9.95. The summed E-state index contributed by atoms with van der Waals surface area (Å²) in [6.45, 7) is 4.21. The number of nitrogens with zero attached hydrogens (tertiary/aromatic N) is 5. The fourth-order valence-electron chi connectivity index (χ4n) is 1.85. The van der Waals surface area contributed by atoms with E-state index < -0.39 is 0 Å². The highest BCUT2D eigenvalue weighted by Crippen LogP contribution is 2.25. The molecule has 0 N–H and O–H groups in total. The van der Waals surface area contributed by atoms with Gasteiger partial charge in [-0.3, -0.25) is 0 Å². The average molecular weight is 239 g/mol. The molecule has 4 rings (SSSR count). The minimum Gasteiger partial charge on any atom is -0.337 e. The Balaban J connectivity index is 1.81. The number of aromatic nitrogens is 3. The fraction of sp³-hybridized carbons (Fsp3) is 0.308. The predicted octanol–water partition coefficient (Wildman–Crippen LogP) is 1.18. The third-order valence-electron chi connectivity index (χ3n) is 3.10. The van der Waals surface area contributed by atoms with Crippen molar-refractivity contribution in [1.82, 2.24) is 15.0 Å². The molecular weight excluding hydrogens is 226 g/mol. The molecule has 90 valence electrons. The molecule has 5 nitrogen and oxygen atoms in total. The van der Waals surface area contributed by atoms with Crippen LogP contribution in [0.5, 0.6) is 0 Å². The van der Waals surface area contributed by atoms with Crippen LogP contribution in [0.1, 0.15) is 0 Å². The van der Waals surface area contributed by atoms with Gasteiger partial charge in [0.1, 0.15) is 0 Å². The molecule has 2 aromatic rings. The van der Waals surface area contributed by atoms with Crippen molar-refractivity contribution in [2.75, 3.05) is 36.0 Å². The van der Waals surface area contributed by atoms with Crippen molar-refractivity contribution in [1.29, 1.82) is 0 Å². The van der Waals surface area contributed by atoms with E-state index in [1.165, 1.54) is 0 Å². The molecule has 1 aromatic carbocycles. The Morgan fingerprint density at radius 3 is 1.78 bits per heavy atom. The lowest BCUT2D eigenvalue weighted by Gasteiger charge is -2.08. The molecule has 0 saturated carbocycles. The van der Waals surface area contributed by atoms with Gasteiger partial charge in [-0.05, 0) is 0 Å². The average Bonchev–Trinajstić information content (AvgIpc) is 3.32. The maximum Gasteiger partial charge on any atom is 0.230 e. The van der Waals surface area contributed by atoms with Gasteiger partial charge >= 0.3 is 0 Å². The first-order valence-electron chi connectivity index (χ1n) is 6.21. The second-order valence-electron chi connectivity index (χ2n) is 4.60. The summed E-state index contributed by atoms with van der Waals surface area (Å²) in [6, 6.07) is 10.1. The highest BCUT2D eigenvalue weighted by atomic mass is 15.4. The van der Waals surface area contributed by atoms with Crippen molar-refractivity contribution in [2.24, 2.45) is 0 Å². The summed E-state index contributed by atoms with van der Waals surface area (Å²) in [5.74, 6) is 2.39. The number of rotatable bonds is 3. The fourth-order valence-corrected chi connectivity index (χ4v) is 1.85. The molecule has 1 aromatic heterocycles. The van der Waals surface area contributed by atoms with Crippen LogP contribution in [0.2, 0.25) is 0 Å². The molecule has 18 heavy (non-hydrogen) atoms. The summed E-state index contributed by atoms with van der Waals surface area (Å²) in [5.41, 5.74) is 1.05. The van der Waals surface area contributed by atoms with E-state index in [4.69, 9.17) is 0 Å². The Bertz CT molecular complexity index is 545. The van der Waals surface area contributed by atoms with Gasteiger partial charge in [-0.1, -0.05) is 30.3 Å². The van der Waals surface area contributed by atoms with Gasteiger partial charge < -0.3 is 9.80 Å². The Morgan fingerprint density at radius 2 is 1.28 bits per heavy atom. The van der Waals surface area contributed by atoms with Crippen LogP contribution in [-0.4, -0.2) is 41.1 Å². The lowest BCUT2D eigenvalue weighted by Crippen LogP contribution is -2.07. The van der Waals surface area contributed by atoms with Gasteiger partial charge in [-0.25, -0.2) is 0 Å². The van der Waals surface area contributed by atoms with Crippen molar-refractivity contribution < 1.29 is 0 Å². The van der Waals surface area contributed by atoms with E-state index in [1.807, 2.05) is 30.3 Å². The molecule has 0 bridgehead atoms. The van der Waals surface area contributed by atoms with Gasteiger partial charge in [0, 0.05) is 31.7 Å². The number of anilines is 2. The first-order valence-corrected chi connectivity index (χ1v) is 6.21. The van der Waals surface area contributed by atoms with Crippen molar-refractivity contribution in [3.63, 3.8) is 0 Å². The van der Waals surface area contributed by atoms with E-state index in [2.05, 4.69) is 24.8 Å². The minimum atomic E-state index is 0.773. The van der Waals surface area contributed by atoms with Crippen LogP contribution >= 0.6 is 0 Å². The third-order valence-corrected chi connectivity index (χ3v) is 3.10. The Kier molecular flexibility index (Phi) is 2.00. The zero-order chi connectivity index (χ0) is 11.9. The van der Waals surface area contributed by atoms with Crippen molar-refractivity contribution >= 4 is 11.9 Å². The molecule has 2 fully saturated rings. The largest absolute Gasteiger partial charge is 0.337 e. The molecule has 5 heteroatoms. The molecule has 0 radical (unpaired) electrons. The molecule has 2 saturated heterocycles. The lowest BCUT2D eigenvalue weighted by molar-refractivity contribution is 1.01. The van der Waals surface area contributed by atoms with Crippen LogP contribution in [-0.2, 0) is 0 Å². The molecule has 2 aliphatic rings. The molecule has 0 aliphatic carbocycles. The molecule has 3 heterocycles. The third kappa shape index (κ3) is 1.77. The first kappa shape index (κ1) is 9.82.